The molecule has 2 aromatic carbocycles. The van der Waals surface area contributed by atoms with Crippen molar-refractivity contribution >= 4 is 58.2 Å². The highest BCUT2D eigenvalue weighted by Crippen LogP contribution is 2.16. The lowest BCUT2D eigenvalue weighted by molar-refractivity contribution is -0.115. The molecule has 1 amide bonds. The van der Waals surface area contributed by atoms with Crippen molar-refractivity contribution in [2.75, 3.05) is 5.32 Å². The number of thiocarbonyl (C=S) groups is 1. The molecule has 0 atom stereocenters. The van der Waals surface area contributed by atoms with Crippen LogP contribution in [0.4, 0.5) is 5.69 Å². The number of nitrogens with one attached hydrogen (secondary N) is 2. The van der Waals surface area contributed by atoms with Crippen LogP contribution in [0.15, 0.2) is 54.6 Å². The van der Waals surface area contributed by atoms with Crippen molar-refractivity contribution in [3.63, 3.8) is 0 Å². The maximum absolute atomic E-state index is 11.8. The second-order valence-corrected chi connectivity index (χ2v) is 5.56. The molecule has 0 aromatic heterocycles. The molecule has 0 saturated carbocycles. The number of hydrogen-bond acceptors (Lipinski definition) is 2. The highest BCUT2D eigenvalue weighted by Gasteiger charge is 2.02. The smallest absolute Gasteiger partial charge is 0.250 e. The third kappa shape index (κ3) is 5.15. The van der Waals surface area contributed by atoms with Crippen LogP contribution in [0.1, 0.15) is 5.56 Å². The van der Waals surface area contributed by atoms with Gasteiger partial charge < -0.3 is 5.32 Å². The summed E-state index contributed by atoms with van der Waals surface area (Å²) >= 11 is 16.9. The molecule has 2 N–H and O–H groups in total. The molecule has 6 heteroatoms. The van der Waals surface area contributed by atoms with E-state index in [4.69, 9.17) is 35.4 Å². The predicted molar refractivity (Wildman–Crippen MR) is 96.3 cm³/mol. The lowest BCUT2D eigenvalue weighted by atomic mass is 10.2. The third-order valence-electron chi connectivity index (χ3n) is 2.66. The van der Waals surface area contributed by atoms with Gasteiger partial charge in [0.15, 0.2) is 5.11 Å². The van der Waals surface area contributed by atoms with Gasteiger partial charge in [-0.15, -0.1) is 0 Å². The molecule has 112 valence electrons. The Morgan fingerprint density at radius 1 is 1.05 bits per heavy atom. The fourth-order valence-electron chi connectivity index (χ4n) is 1.62. The van der Waals surface area contributed by atoms with Crippen molar-refractivity contribution < 1.29 is 4.79 Å². The van der Waals surface area contributed by atoms with E-state index in [1.54, 1.807) is 36.4 Å². The van der Waals surface area contributed by atoms with Gasteiger partial charge >= 0.3 is 0 Å². The molecule has 0 aliphatic heterocycles. The summed E-state index contributed by atoms with van der Waals surface area (Å²) in [6.45, 7) is 0. The Bertz CT molecular complexity index is 714. The molecule has 2 aromatic rings. The maximum Gasteiger partial charge on any atom is 0.250 e. The number of carbonyl (C=O) groups excluding carboxylic acids is 1. The highest BCUT2D eigenvalue weighted by atomic mass is 35.5. The fourth-order valence-corrected chi connectivity index (χ4v) is 2.17. The van der Waals surface area contributed by atoms with Crippen LogP contribution >= 0.6 is 35.4 Å². The van der Waals surface area contributed by atoms with Crippen LogP contribution in [0, 0.1) is 0 Å². The van der Waals surface area contributed by atoms with Gasteiger partial charge in [0.2, 0.25) is 5.91 Å². The van der Waals surface area contributed by atoms with Crippen LogP contribution in [-0.4, -0.2) is 11.0 Å². The minimum absolute atomic E-state index is 0.205. The number of benzene rings is 2. The topological polar surface area (TPSA) is 41.1 Å². The van der Waals surface area contributed by atoms with Crippen molar-refractivity contribution in [1.82, 2.24) is 5.32 Å². The number of amides is 1. The Kier molecular flexibility index (Phi) is 5.95. The van der Waals surface area contributed by atoms with Gasteiger partial charge in [-0.25, -0.2) is 0 Å². The molecular formula is C16H12Cl2N2OS. The minimum Gasteiger partial charge on any atom is -0.332 e. The number of anilines is 1. The molecule has 0 radical (unpaired) electrons. The van der Waals surface area contributed by atoms with E-state index in [9.17, 15) is 4.79 Å². The molecule has 0 aliphatic carbocycles. The summed E-state index contributed by atoms with van der Waals surface area (Å²) in [6, 6.07) is 14.2. The van der Waals surface area contributed by atoms with Crippen LogP contribution in [0.3, 0.4) is 0 Å². The zero-order valence-electron chi connectivity index (χ0n) is 11.3. The van der Waals surface area contributed by atoms with Crippen molar-refractivity contribution in [1.29, 1.82) is 0 Å². The predicted octanol–water partition coefficient (Wildman–Crippen LogP) is 4.52. The van der Waals surface area contributed by atoms with E-state index in [0.717, 1.165) is 11.3 Å². The van der Waals surface area contributed by atoms with E-state index in [1.807, 2.05) is 18.2 Å². The molecule has 2 rings (SSSR count). The van der Waals surface area contributed by atoms with Gasteiger partial charge in [-0.05, 0) is 54.2 Å². The zero-order valence-corrected chi connectivity index (χ0v) is 13.7. The molecular weight excluding hydrogens is 339 g/mol. The van der Waals surface area contributed by atoms with Crippen LogP contribution in [0.5, 0.6) is 0 Å². The van der Waals surface area contributed by atoms with E-state index in [-0.39, 0.29) is 11.0 Å². The SMILES string of the molecule is O=C(/C=C/c1ccccc1Cl)NC(=S)Nc1ccc(Cl)cc1. The fraction of sp³-hybridized carbons (Fsp3) is 0. The van der Waals surface area contributed by atoms with Gasteiger partial charge in [0.05, 0.1) is 0 Å². The van der Waals surface area contributed by atoms with Gasteiger partial charge in [0.25, 0.3) is 0 Å². The molecule has 0 fully saturated rings. The second kappa shape index (κ2) is 7.94. The standard InChI is InChI=1S/C16H12Cl2N2OS/c17-12-6-8-13(9-7-12)19-16(22)20-15(21)10-5-11-3-1-2-4-14(11)18/h1-10H,(H2,19,20,21,22)/b10-5+. The Balaban J connectivity index is 1.90. The lowest BCUT2D eigenvalue weighted by Gasteiger charge is -2.08. The van der Waals surface area contributed by atoms with E-state index in [0.29, 0.717) is 10.0 Å². The zero-order chi connectivity index (χ0) is 15.9. The molecule has 0 spiro atoms. The van der Waals surface area contributed by atoms with Crippen LogP contribution in [-0.2, 0) is 4.79 Å². The molecule has 0 bridgehead atoms. The minimum atomic E-state index is -0.341. The number of carbonyl (C=O) groups is 1. The van der Waals surface area contributed by atoms with Crippen molar-refractivity contribution in [2.45, 2.75) is 0 Å². The third-order valence-corrected chi connectivity index (χ3v) is 3.46. The van der Waals surface area contributed by atoms with Gasteiger partial charge in [-0.3, -0.25) is 10.1 Å². The van der Waals surface area contributed by atoms with Crippen LogP contribution in [0.2, 0.25) is 10.0 Å². The normalized spacial score (nSPS) is 10.5. The first-order valence-corrected chi connectivity index (χ1v) is 7.51. The molecule has 0 unspecified atom stereocenters. The Labute approximate surface area is 143 Å². The van der Waals surface area contributed by atoms with Gasteiger partial charge in [0, 0.05) is 21.8 Å². The van der Waals surface area contributed by atoms with E-state index in [1.165, 1.54) is 6.08 Å². The average Bonchev–Trinajstić information content (AvgIpc) is 2.49. The summed E-state index contributed by atoms with van der Waals surface area (Å²) in [7, 11) is 0. The second-order valence-electron chi connectivity index (χ2n) is 4.31. The largest absolute Gasteiger partial charge is 0.332 e. The summed E-state index contributed by atoms with van der Waals surface area (Å²) in [6.07, 6.45) is 3.00. The van der Waals surface area contributed by atoms with Gasteiger partial charge in [-0.2, -0.15) is 0 Å². The number of halogens is 2. The molecule has 0 saturated heterocycles. The first kappa shape index (κ1) is 16.5. The van der Waals surface area contributed by atoms with Crippen molar-refractivity contribution in [2.24, 2.45) is 0 Å². The Hall–Kier alpha value is -1.88. The van der Waals surface area contributed by atoms with E-state index in [2.05, 4.69) is 10.6 Å². The van der Waals surface area contributed by atoms with Crippen LogP contribution < -0.4 is 10.6 Å². The first-order chi connectivity index (χ1) is 10.5. The van der Waals surface area contributed by atoms with Crippen molar-refractivity contribution in [3.05, 3.63) is 70.2 Å². The summed E-state index contributed by atoms with van der Waals surface area (Å²) < 4.78 is 0. The molecule has 0 heterocycles. The van der Waals surface area contributed by atoms with Crippen molar-refractivity contribution in [3.8, 4) is 0 Å². The quantitative estimate of drug-likeness (QED) is 0.631. The molecule has 0 aliphatic rings. The average molecular weight is 351 g/mol. The van der Waals surface area contributed by atoms with Crippen LogP contribution in [0.25, 0.3) is 6.08 Å². The van der Waals surface area contributed by atoms with Gasteiger partial charge in [-0.1, -0.05) is 41.4 Å². The molecule has 3 nitrogen and oxygen atoms in total. The monoisotopic (exact) mass is 350 g/mol. The number of hydrogen-bond donors (Lipinski definition) is 2. The summed E-state index contributed by atoms with van der Waals surface area (Å²) in [5.74, 6) is -0.341. The lowest BCUT2D eigenvalue weighted by Crippen LogP contribution is -2.32. The Morgan fingerprint density at radius 2 is 1.73 bits per heavy atom. The van der Waals surface area contributed by atoms with Gasteiger partial charge in [0.1, 0.15) is 0 Å². The molecule has 22 heavy (non-hydrogen) atoms. The highest BCUT2D eigenvalue weighted by molar-refractivity contribution is 7.80. The first-order valence-electron chi connectivity index (χ1n) is 6.35. The summed E-state index contributed by atoms with van der Waals surface area (Å²) in [5, 5.41) is 6.85. The Morgan fingerprint density at radius 3 is 2.41 bits per heavy atom. The van der Waals surface area contributed by atoms with E-state index >= 15 is 0 Å². The number of rotatable bonds is 3. The van der Waals surface area contributed by atoms with E-state index < -0.39 is 0 Å². The summed E-state index contributed by atoms with van der Waals surface area (Å²) in [4.78, 5) is 11.8. The maximum atomic E-state index is 11.8. The summed E-state index contributed by atoms with van der Waals surface area (Å²) in [5.41, 5.74) is 1.50.